The average Bonchev–Trinajstić information content (AvgIpc) is 2.76. The van der Waals surface area contributed by atoms with Crippen molar-refractivity contribution in [1.29, 1.82) is 5.26 Å². The van der Waals surface area contributed by atoms with Gasteiger partial charge in [-0.1, -0.05) is 36.7 Å². The fourth-order valence-corrected chi connectivity index (χ4v) is 2.70. The molecule has 0 heterocycles. The van der Waals surface area contributed by atoms with Crippen molar-refractivity contribution in [3.05, 3.63) is 64.2 Å². The van der Waals surface area contributed by atoms with Crippen LogP contribution in [0.4, 0.5) is 0 Å². The van der Waals surface area contributed by atoms with Gasteiger partial charge in [-0.2, -0.15) is 5.26 Å². The molecular formula is C23H23ClN2O4. The number of amides is 1. The molecule has 1 amide bonds. The molecule has 0 fully saturated rings. The first-order chi connectivity index (χ1) is 14.5. The van der Waals surface area contributed by atoms with Crippen molar-refractivity contribution in [2.45, 2.75) is 26.2 Å². The van der Waals surface area contributed by atoms with Gasteiger partial charge in [0.2, 0.25) is 0 Å². The number of methoxy groups -OCH3 is 1. The van der Waals surface area contributed by atoms with Crippen LogP contribution in [0.2, 0.25) is 5.02 Å². The Morgan fingerprint density at radius 3 is 2.53 bits per heavy atom. The minimum absolute atomic E-state index is 0.0155. The van der Waals surface area contributed by atoms with Crippen LogP contribution in [0.15, 0.2) is 48.0 Å². The number of carbonyl (C=O) groups is 2. The molecule has 2 aromatic carbocycles. The van der Waals surface area contributed by atoms with Gasteiger partial charge in [-0.05, 0) is 54.3 Å². The Balaban J connectivity index is 2.06. The summed E-state index contributed by atoms with van der Waals surface area (Å²) in [4.78, 5) is 24.2. The maximum absolute atomic E-state index is 12.2. The molecule has 0 saturated carbocycles. The molecule has 0 spiro atoms. The average molecular weight is 427 g/mol. The molecule has 0 saturated heterocycles. The lowest BCUT2D eigenvalue weighted by Gasteiger charge is -2.10. The number of hydrogen-bond donors (Lipinski definition) is 1. The number of hydrogen-bond acceptors (Lipinski definition) is 5. The van der Waals surface area contributed by atoms with Gasteiger partial charge >= 0.3 is 5.97 Å². The van der Waals surface area contributed by atoms with Crippen molar-refractivity contribution in [2.75, 3.05) is 13.7 Å². The minimum Gasteiger partial charge on any atom is -0.493 e. The van der Waals surface area contributed by atoms with Crippen LogP contribution in [0, 0.1) is 11.3 Å². The quantitative estimate of drug-likeness (QED) is 0.279. The molecule has 0 unspecified atom stereocenters. The molecule has 0 radical (unpaired) electrons. The summed E-state index contributed by atoms with van der Waals surface area (Å²) in [5.41, 5.74) is 1.54. The molecule has 0 aliphatic carbocycles. The van der Waals surface area contributed by atoms with Crippen LogP contribution in [0.5, 0.6) is 11.5 Å². The van der Waals surface area contributed by atoms with Crippen molar-refractivity contribution >= 4 is 29.6 Å². The molecule has 0 aliphatic heterocycles. The van der Waals surface area contributed by atoms with Crippen molar-refractivity contribution < 1.29 is 19.1 Å². The third-order valence-electron chi connectivity index (χ3n) is 4.15. The van der Waals surface area contributed by atoms with E-state index in [0.29, 0.717) is 29.3 Å². The lowest BCUT2D eigenvalue weighted by Crippen LogP contribution is -2.25. The number of benzene rings is 2. The van der Waals surface area contributed by atoms with Gasteiger partial charge < -0.3 is 14.8 Å². The number of rotatable bonds is 9. The number of nitrogens with one attached hydrogen (secondary N) is 1. The van der Waals surface area contributed by atoms with Crippen molar-refractivity contribution in [3.8, 4) is 17.6 Å². The van der Waals surface area contributed by atoms with E-state index >= 15 is 0 Å². The zero-order valence-electron chi connectivity index (χ0n) is 16.9. The Kier molecular flexibility index (Phi) is 8.92. The van der Waals surface area contributed by atoms with E-state index in [1.165, 1.54) is 13.2 Å². The van der Waals surface area contributed by atoms with Gasteiger partial charge in [0.05, 0.1) is 7.11 Å². The van der Waals surface area contributed by atoms with E-state index in [9.17, 15) is 14.9 Å². The van der Waals surface area contributed by atoms with Gasteiger partial charge in [0.25, 0.3) is 5.91 Å². The standard InChI is InChI=1S/C23H23ClN2O4/c1-3-12-26-23(28)18(15-25)13-17-6-10-20(21(14-17)29-2)30-22(27)11-7-16-4-8-19(24)9-5-16/h4-6,8-10,13-14H,3,7,11-12H2,1-2H3,(H,26,28)/b18-13+. The summed E-state index contributed by atoms with van der Waals surface area (Å²) in [6, 6.07) is 14.0. The van der Waals surface area contributed by atoms with Crippen LogP contribution >= 0.6 is 11.6 Å². The predicted molar refractivity (Wildman–Crippen MR) is 115 cm³/mol. The smallest absolute Gasteiger partial charge is 0.311 e. The van der Waals surface area contributed by atoms with Crippen LogP contribution in [0.3, 0.4) is 0 Å². The molecule has 156 valence electrons. The number of nitrogens with zero attached hydrogens (tertiary/aromatic N) is 1. The first-order valence-corrected chi connectivity index (χ1v) is 9.87. The Labute approximate surface area is 181 Å². The topological polar surface area (TPSA) is 88.4 Å². The van der Waals surface area contributed by atoms with Crippen molar-refractivity contribution in [3.63, 3.8) is 0 Å². The highest BCUT2D eigenvalue weighted by atomic mass is 35.5. The second-order valence-electron chi connectivity index (χ2n) is 6.44. The molecular weight excluding hydrogens is 404 g/mol. The highest BCUT2D eigenvalue weighted by Gasteiger charge is 2.13. The van der Waals surface area contributed by atoms with Gasteiger partial charge in [0, 0.05) is 18.0 Å². The predicted octanol–water partition coefficient (Wildman–Crippen LogP) is 4.32. The number of aryl methyl sites for hydroxylation is 1. The summed E-state index contributed by atoms with van der Waals surface area (Å²) in [5.74, 6) is -0.237. The summed E-state index contributed by atoms with van der Waals surface area (Å²) in [5, 5.41) is 12.5. The molecule has 0 aliphatic rings. The fourth-order valence-electron chi connectivity index (χ4n) is 2.58. The van der Waals surface area contributed by atoms with Gasteiger partial charge in [-0.15, -0.1) is 0 Å². The van der Waals surface area contributed by atoms with E-state index in [4.69, 9.17) is 21.1 Å². The SMILES string of the molecule is CCCNC(=O)/C(C#N)=C/c1ccc(OC(=O)CCc2ccc(Cl)cc2)c(OC)c1. The zero-order chi connectivity index (χ0) is 21.9. The molecule has 0 atom stereocenters. The van der Waals surface area contributed by atoms with E-state index in [2.05, 4.69) is 5.32 Å². The Hall–Kier alpha value is -3.30. The van der Waals surface area contributed by atoms with E-state index in [-0.39, 0.29) is 17.7 Å². The lowest BCUT2D eigenvalue weighted by atomic mass is 10.1. The Morgan fingerprint density at radius 1 is 1.17 bits per heavy atom. The zero-order valence-corrected chi connectivity index (χ0v) is 17.7. The van der Waals surface area contributed by atoms with Crippen LogP contribution in [-0.2, 0) is 16.0 Å². The number of carbonyl (C=O) groups excluding carboxylic acids is 2. The second-order valence-corrected chi connectivity index (χ2v) is 6.87. The largest absolute Gasteiger partial charge is 0.493 e. The maximum Gasteiger partial charge on any atom is 0.311 e. The molecule has 2 rings (SSSR count). The third kappa shape index (κ3) is 6.94. The molecule has 1 N–H and O–H groups in total. The van der Waals surface area contributed by atoms with Gasteiger partial charge in [-0.25, -0.2) is 0 Å². The molecule has 7 heteroatoms. The van der Waals surface area contributed by atoms with Gasteiger partial charge in [0.15, 0.2) is 11.5 Å². The first-order valence-electron chi connectivity index (χ1n) is 9.50. The monoisotopic (exact) mass is 426 g/mol. The summed E-state index contributed by atoms with van der Waals surface area (Å²) in [6.07, 6.45) is 2.95. The summed E-state index contributed by atoms with van der Waals surface area (Å²) >= 11 is 5.86. The van der Waals surface area contributed by atoms with Crippen LogP contribution < -0.4 is 14.8 Å². The summed E-state index contributed by atoms with van der Waals surface area (Å²) < 4.78 is 10.7. The normalized spacial score (nSPS) is 10.8. The highest BCUT2D eigenvalue weighted by Crippen LogP contribution is 2.29. The van der Waals surface area contributed by atoms with E-state index in [0.717, 1.165) is 12.0 Å². The van der Waals surface area contributed by atoms with Crippen molar-refractivity contribution in [2.24, 2.45) is 0 Å². The summed E-state index contributed by atoms with van der Waals surface area (Å²) in [6.45, 7) is 2.42. The number of nitriles is 1. The molecule has 0 bridgehead atoms. The molecule has 0 aromatic heterocycles. The van der Waals surface area contributed by atoms with Crippen LogP contribution in [0.25, 0.3) is 6.08 Å². The van der Waals surface area contributed by atoms with Crippen LogP contribution in [0.1, 0.15) is 30.9 Å². The Morgan fingerprint density at radius 2 is 1.90 bits per heavy atom. The maximum atomic E-state index is 12.2. The lowest BCUT2D eigenvalue weighted by molar-refractivity contribution is -0.134. The van der Waals surface area contributed by atoms with Gasteiger partial charge in [0.1, 0.15) is 11.6 Å². The number of ether oxygens (including phenoxy) is 2. The molecule has 6 nitrogen and oxygen atoms in total. The highest BCUT2D eigenvalue weighted by molar-refractivity contribution is 6.30. The molecule has 30 heavy (non-hydrogen) atoms. The Bertz CT molecular complexity index is 962. The van der Waals surface area contributed by atoms with E-state index in [1.807, 2.05) is 25.1 Å². The van der Waals surface area contributed by atoms with Crippen LogP contribution in [-0.4, -0.2) is 25.5 Å². The van der Waals surface area contributed by atoms with E-state index < -0.39 is 11.9 Å². The van der Waals surface area contributed by atoms with E-state index in [1.54, 1.807) is 30.3 Å². The fraction of sp³-hybridized carbons (Fsp3) is 0.261. The molecule has 2 aromatic rings. The van der Waals surface area contributed by atoms with Crippen molar-refractivity contribution in [1.82, 2.24) is 5.32 Å². The second kappa shape index (κ2) is 11.6. The minimum atomic E-state index is -0.434. The third-order valence-corrected chi connectivity index (χ3v) is 4.41. The van der Waals surface area contributed by atoms with Gasteiger partial charge in [-0.3, -0.25) is 9.59 Å². The number of halogens is 1. The summed E-state index contributed by atoms with van der Waals surface area (Å²) in [7, 11) is 1.45. The number of esters is 1. The first kappa shape index (κ1) is 23.0.